The molecule has 2 aromatic carbocycles. The van der Waals surface area contributed by atoms with Gasteiger partial charge in [0, 0.05) is 13.6 Å². The van der Waals surface area contributed by atoms with Crippen LogP contribution in [0.15, 0.2) is 59.8 Å². The Morgan fingerprint density at radius 2 is 1.86 bits per heavy atom. The third kappa shape index (κ3) is 5.36. The second kappa shape index (κ2) is 9.94. The van der Waals surface area contributed by atoms with Crippen molar-refractivity contribution in [1.82, 2.24) is 20.1 Å². The molecule has 3 rings (SSSR count). The second-order valence-electron chi connectivity index (χ2n) is 6.30. The number of rotatable bonds is 9. The Bertz CT molecular complexity index is 912. The Balaban J connectivity index is 1.74. The van der Waals surface area contributed by atoms with Crippen LogP contribution in [0, 0.1) is 6.92 Å². The molecule has 0 bridgehead atoms. The van der Waals surface area contributed by atoms with Crippen molar-refractivity contribution in [2.24, 2.45) is 0 Å². The molecular formula is C21H24N4O2S. The molecule has 0 aliphatic carbocycles. The molecule has 0 saturated carbocycles. The number of nitrogens with one attached hydrogen (secondary N) is 1. The topological polar surface area (TPSA) is 69.0 Å². The van der Waals surface area contributed by atoms with Gasteiger partial charge >= 0.3 is 0 Å². The van der Waals surface area contributed by atoms with Crippen LogP contribution in [-0.4, -0.2) is 33.5 Å². The highest BCUT2D eigenvalue weighted by atomic mass is 32.2. The van der Waals surface area contributed by atoms with E-state index in [4.69, 9.17) is 4.74 Å². The maximum Gasteiger partial charge on any atom is 0.230 e. The highest BCUT2D eigenvalue weighted by molar-refractivity contribution is 7.99. The van der Waals surface area contributed by atoms with E-state index in [-0.39, 0.29) is 5.91 Å². The van der Waals surface area contributed by atoms with Gasteiger partial charge in [0.2, 0.25) is 5.91 Å². The second-order valence-corrected chi connectivity index (χ2v) is 7.24. The molecule has 28 heavy (non-hydrogen) atoms. The zero-order valence-electron chi connectivity index (χ0n) is 16.1. The van der Waals surface area contributed by atoms with Gasteiger partial charge in [-0.15, -0.1) is 10.2 Å². The minimum Gasteiger partial charge on any atom is -0.485 e. The minimum absolute atomic E-state index is 0.0414. The number of hydrogen-bond donors (Lipinski definition) is 1. The zero-order valence-corrected chi connectivity index (χ0v) is 16.9. The number of amides is 1. The number of nitrogens with zero attached hydrogens (tertiary/aromatic N) is 3. The Hall–Kier alpha value is -2.80. The van der Waals surface area contributed by atoms with E-state index < -0.39 is 0 Å². The smallest absolute Gasteiger partial charge is 0.230 e. The summed E-state index contributed by atoms with van der Waals surface area (Å²) in [6, 6.07) is 18.2. The molecule has 1 heterocycles. The summed E-state index contributed by atoms with van der Waals surface area (Å²) in [5, 5.41) is 12.0. The van der Waals surface area contributed by atoms with E-state index in [1.54, 1.807) is 7.05 Å². The summed E-state index contributed by atoms with van der Waals surface area (Å²) in [5.41, 5.74) is 2.32. The van der Waals surface area contributed by atoms with Crippen LogP contribution in [0.2, 0.25) is 0 Å². The van der Waals surface area contributed by atoms with E-state index >= 15 is 0 Å². The number of carbonyl (C=O) groups excluding carboxylic acids is 1. The van der Waals surface area contributed by atoms with E-state index in [0.29, 0.717) is 12.4 Å². The first-order chi connectivity index (χ1) is 13.7. The standard InChI is InChI=1S/C21H24N4O2S/c1-16-8-6-7-11-18(16)27-14-19-23-24-21(28-15-20(26)22-2)25(19)13-12-17-9-4-3-5-10-17/h3-11H,12-15H2,1-2H3,(H,22,26). The van der Waals surface area contributed by atoms with Gasteiger partial charge in [-0.3, -0.25) is 4.79 Å². The lowest BCUT2D eigenvalue weighted by Crippen LogP contribution is -2.20. The SMILES string of the molecule is CNC(=O)CSc1nnc(COc2ccccc2C)n1CCc1ccccc1. The van der Waals surface area contributed by atoms with Crippen molar-refractivity contribution >= 4 is 17.7 Å². The van der Waals surface area contributed by atoms with Crippen LogP contribution in [0.25, 0.3) is 0 Å². The van der Waals surface area contributed by atoms with Crippen LogP contribution < -0.4 is 10.1 Å². The third-order valence-corrected chi connectivity index (χ3v) is 5.29. The van der Waals surface area contributed by atoms with E-state index in [2.05, 4.69) is 27.6 Å². The molecule has 1 amide bonds. The molecule has 0 fully saturated rings. The molecule has 3 aromatic rings. The van der Waals surface area contributed by atoms with Crippen LogP contribution in [0.1, 0.15) is 17.0 Å². The predicted octanol–water partition coefficient (Wildman–Crippen LogP) is 3.25. The van der Waals surface area contributed by atoms with E-state index in [1.165, 1.54) is 17.3 Å². The van der Waals surface area contributed by atoms with Crippen molar-refractivity contribution in [2.75, 3.05) is 12.8 Å². The molecule has 0 saturated heterocycles. The molecule has 0 unspecified atom stereocenters. The lowest BCUT2D eigenvalue weighted by Gasteiger charge is -2.12. The molecule has 0 atom stereocenters. The summed E-state index contributed by atoms with van der Waals surface area (Å²) in [6.07, 6.45) is 0.851. The van der Waals surface area contributed by atoms with Crippen molar-refractivity contribution in [3.05, 3.63) is 71.5 Å². The van der Waals surface area contributed by atoms with Crippen molar-refractivity contribution in [1.29, 1.82) is 0 Å². The maximum atomic E-state index is 11.6. The zero-order chi connectivity index (χ0) is 19.8. The number of ether oxygens (including phenoxy) is 1. The van der Waals surface area contributed by atoms with Crippen molar-refractivity contribution < 1.29 is 9.53 Å². The van der Waals surface area contributed by atoms with Crippen LogP contribution in [0.4, 0.5) is 0 Å². The predicted molar refractivity (Wildman–Crippen MR) is 110 cm³/mol. The van der Waals surface area contributed by atoms with Gasteiger partial charge < -0.3 is 14.6 Å². The number of thioether (sulfide) groups is 1. The summed E-state index contributed by atoms with van der Waals surface area (Å²) in [7, 11) is 1.63. The lowest BCUT2D eigenvalue weighted by molar-refractivity contribution is -0.118. The Kier molecular flexibility index (Phi) is 7.08. The van der Waals surface area contributed by atoms with Gasteiger partial charge in [0.15, 0.2) is 11.0 Å². The Morgan fingerprint density at radius 3 is 2.61 bits per heavy atom. The van der Waals surface area contributed by atoms with Crippen LogP contribution in [0.5, 0.6) is 5.75 Å². The van der Waals surface area contributed by atoms with Gasteiger partial charge in [-0.05, 0) is 30.5 Å². The number of benzene rings is 2. The average Bonchev–Trinajstić information content (AvgIpc) is 3.12. The molecule has 0 radical (unpaired) electrons. The van der Waals surface area contributed by atoms with E-state index in [9.17, 15) is 4.79 Å². The van der Waals surface area contributed by atoms with Gasteiger partial charge in [0.25, 0.3) is 0 Å². The summed E-state index contributed by atoms with van der Waals surface area (Å²) in [4.78, 5) is 11.6. The summed E-state index contributed by atoms with van der Waals surface area (Å²) in [5.74, 6) is 1.84. The molecular weight excluding hydrogens is 372 g/mol. The van der Waals surface area contributed by atoms with Gasteiger partial charge in [-0.1, -0.05) is 60.3 Å². The Morgan fingerprint density at radius 1 is 1.11 bits per heavy atom. The quantitative estimate of drug-likeness (QED) is 0.562. The van der Waals surface area contributed by atoms with Crippen LogP contribution in [-0.2, 0) is 24.4 Å². The van der Waals surface area contributed by atoms with Crippen LogP contribution >= 0.6 is 11.8 Å². The van der Waals surface area contributed by atoms with Crippen molar-refractivity contribution in [3.63, 3.8) is 0 Å². The summed E-state index contributed by atoms with van der Waals surface area (Å²) in [6.45, 7) is 3.06. The van der Waals surface area contributed by atoms with Gasteiger partial charge in [-0.2, -0.15) is 0 Å². The normalized spacial score (nSPS) is 10.6. The minimum atomic E-state index is -0.0414. The summed E-state index contributed by atoms with van der Waals surface area (Å²) < 4.78 is 8.00. The maximum absolute atomic E-state index is 11.6. The Labute approximate surface area is 169 Å². The molecule has 0 aliphatic heterocycles. The third-order valence-electron chi connectivity index (χ3n) is 4.32. The molecule has 1 N–H and O–H groups in total. The van der Waals surface area contributed by atoms with Gasteiger partial charge in [0.1, 0.15) is 12.4 Å². The fourth-order valence-electron chi connectivity index (χ4n) is 2.71. The van der Waals surface area contributed by atoms with E-state index in [1.807, 2.05) is 54.0 Å². The highest BCUT2D eigenvalue weighted by Gasteiger charge is 2.15. The fraction of sp³-hybridized carbons (Fsp3) is 0.286. The van der Waals surface area contributed by atoms with Crippen molar-refractivity contribution in [2.45, 2.75) is 31.7 Å². The van der Waals surface area contributed by atoms with E-state index in [0.717, 1.165) is 35.3 Å². The molecule has 0 spiro atoms. The number of hydrogen-bond acceptors (Lipinski definition) is 5. The highest BCUT2D eigenvalue weighted by Crippen LogP contribution is 2.21. The first-order valence-electron chi connectivity index (χ1n) is 9.15. The number of para-hydroxylation sites is 1. The largest absolute Gasteiger partial charge is 0.485 e. The molecule has 7 heteroatoms. The molecule has 146 valence electrons. The number of carbonyl (C=O) groups is 1. The molecule has 0 aliphatic rings. The first-order valence-corrected chi connectivity index (χ1v) is 10.1. The monoisotopic (exact) mass is 396 g/mol. The van der Waals surface area contributed by atoms with Gasteiger partial charge in [-0.25, -0.2) is 0 Å². The fourth-order valence-corrected chi connectivity index (χ4v) is 3.56. The van der Waals surface area contributed by atoms with Crippen molar-refractivity contribution in [3.8, 4) is 5.75 Å². The van der Waals surface area contributed by atoms with Gasteiger partial charge in [0.05, 0.1) is 5.75 Å². The lowest BCUT2D eigenvalue weighted by atomic mass is 10.1. The average molecular weight is 397 g/mol. The molecule has 1 aromatic heterocycles. The number of aromatic nitrogens is 3. The molecule has 6 nitrogen and oxygen atoms in total. The number of aryl methyl sites for hydroxylation is 2. The summed E-state index contributed by atoms with van der Waals surface area (Å²) >= 11 is 1.38. The first kappa shape index (κ1) is 19.9. The van der Waals surface area contributed by atoms with Crippen LogP contribution in [0.3, 0.4) is 0 Å².